The van der Waals surface area contributed by atoms with Gasteiger partial charge in [-0.1, -0.05) is 5.16 Å². The molecular formula is C17H15BrN4O2S. The molecule has 6 nitrogen and oxygen atoms in total. The van der Waals surface area contributed by atoms with Crippen LogP contribution in [0.4, 0.5) is 0 Å². The summed E-state index contributed by atoms with van der Waals surface area (Å²) in [4.78, 5) is 23.7. The highest BCUT2D eigenvalue weighted by atomic mass is 79.9. The summed E-state index contributed by atoms with van der Waals surface area (Å²) in [7, 11) is 0. The molecule has 8 heteroatoms. The first-order valence-electron chi connectivity index (χ1n) is 7.99. The van der Waals surface area contributed by atoms with E-state index in [-0.39, 0.29) is 11.8 Å². The number of pyridine rings is 1. The minimum Gasteiger partial charge on any atom is -0.338 e. The van der Waals surface area contributed by atoms with E-state index in [0.717, 1.165) is 27.1 Å². The number of rotatable bonds is 3. The van der Waals surface area contributed by atoms with E-state index < -0.39 is 0 Å². The van der Waals surface area contributed by atoms with E-state index in [1.807, 2.05) is 29.2 Å². The Morgan fingerprint density at radius 2 is 2.12 bits per heavy atom. The van der Waals surface area contributed by atoms with Gasteiger partial charge in [0, 0.05) is 31.4 Å². The maximum atomic E-state index is 12.5. The lowest BCUT2D eigenvalue weighted by Gasteiger charge is -2.30. The van der Waals surface area contributed by atoms with Gasteiger partial charge in [0.25, 0.3) is 11.8 Å². The lowest BCUT2D eigenvalue weighted by molar-refractivity contribution is 0.0715. The van der Waals surface area contributed by atoms with Crippen LogP contribution in [0.2, 0.25) is 0 Å². The summed E-state index contributed by atoms with van der Waals surface area (Å²) in [5.74, 6) is 1.52. The Hall–Kier alpha value is -2.06. The monoisotopic (exact) mass is 418 g/mol. The molecule has 3 aromatic heterocycles. The molecule has 1 aliphatic heterocycles. The molecule has 1 amide bonds. The van der Waals surface area contributed by atoms with E-state index in [2.05, 4.69) is 31.1 Å². The molecule has 0 spiro atoms. The number of amides is 1. The summed E-state index contributed by atoms with van der Waals surface area (Å²) in [6.45, 7) is 1.41. The highest BCUT2D eigenvalue weighted by molar-refractivity contribution is 9.11. The predicted molar refractivity (Wildman–Crippen MR) is 97.4 cm³/mol. The first kappa shape index (κ1) is 16.4. The third-order valence-electron chi connectivity index (χ3n) is 4.28. The Morgan fingerprint density at radius 3 is 2.80 bits per heavy atom. The highest BCUT2D eigenvalue weighted by Gasteiger charge is 2.28. The van der Waals surface area contributed by atoms with Crippen LogP contribution in [0.5, 0.6) is 0 Å². The van der Waals surface area contributed by atoms with Crippen molar-refractivity contribution in [3.63, 3.8) is 0 Å². The highest BCUT2D eigenvalue weighted by Crippen LogP contribution is 2.30. The molecule has 0 aliphatic carbocycles. The van der Waals surface area contributed by atoms with Gasteiger partial charge in [-0.25, -0.2) is 0 Å². The summed E-state index contributed by atoms with van der Waals surface area (Å²) in [5, 5.41) is 4.13. The summed E-state index contributed by atoms with van der Waals surface area (Å²) in [5.41, 5.74) is 0.817. The zero-order valence-electron chi connectivity index (χ0n) is 13.3. The van der Waals surface area contributed by atoms with Gasteiger partial charge in [-0.3, -0.25) is 9.78 Å². The fraction of sp³-hybridized carbons (Fsp3) is 0.294. The standard InChI is InChI=1S/C17H15BrN4O2S/c18-14-4-3-13(25-14)17(23)22-8-5-11(6-9-22)15-20-16(24-21-15)12-2-1-7-19-10-12/h1-4,7,10-11H,5-6,8-9H2. The second-order valence-electron chi connectivity index (χ2n) is 5.87. The number of hydrogen-bond donors (Lipinski definition) is 0. The van der Waals surface area contributed by atoms with Gasteiger partial charge in [0.05, 0.1) is 14.2 Å². The molecule has 4 heterocycles. The zero-order chi connectivity index (χ0) is 17.2. The van der Waals surface area contributed by atoms with E-state index in [9.17, 15) is 4.79 Å². The molecule has 0 atom stereocenters. The van der Waals surface area contributed by atoms with Crippen LogP contribution in [0.3, 0.4) is 0 Å². The lowest BCUT2D eigenvalue weighted by atomic mass is 9.96. The number of aromatic nitrogens is 3. The maximum absolute atomic E-state index is 12.5. The van der Waals surface area contributed by atoms with Gasteiger partial charge >= 0.3 is 0 Å². The fourth-order valence-electron chi connectivity index (χ4n) is 2.93. The van der Waals surface area contributed by atoms with Crippen LogP contribution in [0, 0.1) is 0 Å². The Labute approximate surface area is 157 Å². The minimum atomic E-state index is 0.0957. The molecule has 1 aliphatic rings. The van der Waals surface area contributed by atoms with Crippen LogP contribution in [0.15, 0.2) is 45.0 Å². The van der Waals surface area contributed by atoms with Crippen molar-refractivity contribution in [3.05, 3.63) is 51.1 Å². The molecule has 0 saturated carbocycles. The number of likely N-dealkylation sites (tertiary alicyclic amines) is 1. The quantitative estimate of drug-likeness (QED) is 0.642. The van der Waals surface area contributed by atoms with Crippen molar-refractivity contribution in [3.8, 4) is 11.5 Å². The van der Waals surface area contributed by atoms with Crippen molar-refractivity contribution < 1.29 is 9.32 Å². The van der Waals surface area contributed by atoms with Crippen molar-refractivity contribution in [1.29, 1.82) is 0 Å². The normalized spacial score (nSPS) is 15.5. The van der Waals surface area contributed by atoms with E-state index in [0.29, 0.717) is 24.8 Å². The third-order valence-corrected chi connectivity index (χ3v) is 5.89. The molecule has 0 bridgehead atoms. The fourth-order valence-corrected chi connectivity index (χ4v) is 4.29. The van der Waals surface area contributed by atoms with Crippen LogP contribution in [-0.2, 0) is 0 Å². The summed E-state index contributed by atoms with van der Waals surface area (Å²) < 4.78 is 6.34. The number of hydrogen-bond acceptors (Lipinski definition) is 6. The van der Waals surface area contributed by atoms with Crippen LogP contribution in [0.25, 0.3) is 11.5 Å². The van der Waals surface area contributed by atoms with Gasteiger partial charge in [-0.2, -0.15) is 4.98 Å². The average Bonchev–Trinajstić information content (AvgIpc) is 3.31. The smallest absolute Gasteiger partial charge is 0.263 e. The van der Waals surface area contributed by atoms with E-state index >= 15 is 0 Å². The van der Waals surface area contributed by atoms with Crippen molar-refractivity contribution in [2.24, 2.45) is 0 Å². The van der Waals surface area contributed by atoms with Gasteiger partial charge in [0.2, 0.25) is 0 Å². The molecule has 0 radical (unpaired) electrons. The van der Waals surface area contributed by atoms with Crippen LogP contribution < -0.4 is 0 Å². The van der Waals surface area contributed by atoms with Gasteiger partial charge in [-0.15, -0.1) is 11.3 Å². The Morgan fingerprint density at radius 1 is 1.28 bits per heavy atom. The zero-order valence-corrected chi connectivity index (χ0v) is 15.7. The summed E-state index contributed by atoms with van der Waals surface area (Å²) in [6.07, 6.45) is 5.09. The Kier molecular flexibility index (Phi) is 4.63. The molecule has 1 saturated heterocycles. The largest absolute Gasteiger partial charge is 0.338 e. The van der Waals surface area contributed by atoms with Gasteiger partial charge < -0.3 is 9.42 Å². The van der Waals surface area contributed by atoms with Gasteiger partial charge in [-0.05, 0) is 53.0 Å². The second-order valence-corrected chi connectivity index (χ2v) is 8.33. The molecule has 4 rings (SSSR count). The minimum absolute atomic E-state index is 0.0957. The number of nitrogens with zero attached hydrogens (tertiary/aromatic N) is 4. The van der Waals surface area contributed by atoms with E-state index in [1.54, 1.807) is 12.4 Å². The van der Waals surface area contributed by atoms with Crippen LogP contribution in [0.1, 0.15) is 34.3 Å². The SMILES string of the molecule is O=C(c1ccc(Br)s1)N1CCC(c2noc(-c3cccnc3)n2)CC1. The maximum Gasteiger partial charge on any atom is 0.263 e. The van der Waals surface area contributed by atoms with Gasteiger partial charge in [0.1, 0.15) is 0 Å². The number of thiophene rings is 1. The number of carbonyl (C=O) groups is 1. The molecule has 0 N–H and O–H groups in total. The molecule has 1 fully saturated rings. The molecule has 128 valence electrons. The third kappa shape index (κ3) is 3.50. The van der Waals surface area contributed by atoms with Gasteiger partial charge in [0.15, 0.2) is 5.82 Å². The van der Waals surface area contributed by atoms with E-state index in [1.165, 1.54) is 11.3 Å². The number of piperidine rings is 1. The molecule has 25 heavy (non-hydrogen) atoms. The summed E-state index contributed by atoms with van der Waals surface area (Å²) >= 11 is 4.87. The Bertz CT molecular complexity index is 872. The first-order chi connectivity index (χ1) is 12.2. The van der Waals surface area contributed by atoms with Crippen LogP contribution in [-0.4, -0.2) is 39.0 Å². The van der Waals surface area contributed by atoms with E-state index in [4.69, 9.17) is 4.52 Å². The second kappa shape index (κ2) is 7.05. The van der Waals surface area contributed by atoms with Crippen molar-refractivity contribution in [2.45, 2.75) is 18.8 Å². The van der Waals surface area contributed by atoms with Crippen molar-refractivity contribution >= 4 is 33.2 Å². The summed E-state index contributed by atoms with van der Waals surface area (Å²) in [6, 6.07) is 7.50. The first-order valence-corrected chi connectivity index (χ1v) is 9.60. The average molecular weight is 419 g/mol. The molecule has 0 unspecified atom stereocenters. The number of halogens is 1. The molecule has 3 aromatic rings. The number of carbonyl (C=O) groups excluding carboxylic acids is 1. The molecule has 0 aromatic carbocycles. The molecular weight excluding hydrogens is 404 g/mol. The predicted octanol–water partition coefficient (Wildman–Crippen LogP) is 3.98. The van der Waals surface area contributed by atoms with Crippen molar-refractivity contribution in [1.82, 2.24) is 20.0 Å². The van der Waals surface area contributed by atoms with Crippen LogP contribution >= 0.6 is 27.3 Å². The van der Waals surface area contributed by atoms with Crippen molar-refractivity contribution in [2.75, 3.05) is 13.1 Å². The topological polar surface area (TPSA) is 72.1 Å². The Balaban J connectivity index is 1.41. The lowest BCUT2D eigenvalue weighted by Crippen LogP contribution is -2.37.